The first-order valence-electron chi connectivity index (χ1n) is 3.22. The summed E-state index contributed by atoms with van der Waals surface area (Å²) in [4.78, 5) is 10.8. The van der Waals surface area contributed by atoms with Crippen molar-refractivity contribution >= 4 is 5.97 Å². The van der Waals surface area contributed by atoms with Gasteiger partial charge in [0.15, 0.2) is 5.60 Å². The summed E-state index contributed by atoms with van der Waals surface area (Å²) in [6.07, 6.45) is 0.314. The molecule has 2 atom stereocenters. The average molecular weight is 144 g/mol. The van der Waals surface area contributed by atoms with E-state index in [9.17, 15) is 9.90 Å². The summed E-state index contributed by atoms with van der Waals surface area (Å²) in [6, 6.07) is 0. The lowest BCUT2D eigenvalue weighted by Gasteiger charge is -2.22. The van der Waals surface area contributed by atoms with Crippen LogP contribution in [0.5, 0.6) is 0 Å². The van der Waals surface area contributed by atoms with E-state index in [-0.39, 0.29) is 12.7 Å². The Hall–Kier alpha value is -0.610. The van der Waals surface area contributed by atoms with E-state index in [0.717, 1.165) is 0 Å². The molecule has 0 spiro atoms. The number of aliphatic hydroxyl groups is 1. The van der Waals surface area contributed by atoms with Crippen molar-refractivity contribution in [3.63, 3.8) is 0 Å². The summed E-state index contributed by atoms with van der Waals surface area (Å²) in [6.45, 7) is 0.387. The van der Waals surface area contributed by atoms with Gasteiger partial charge in [0, 0.05) is 6.42 Å². The molecule has 0 radical (unpaired) electrons. The Bertz CT molecular complexity index is 179. The van der Waals surface area contributed by atoms with Gasteiger partial charge in [-0.2, -0.15) is 0 Å². The Labute approximate surface area is 57.7 Å². The summed E-state index contributed by atoms with van der Waals surface area (Å²) < 4.78 is 9.71. The number of esters is 1. The van der Waals surface area contributed by atoms with Crippen molar-refractivity contribution in [1.82, 2.24) is 0 Å². The number of cyclic esters (lactones) is 1. The van der Waals surface area contributed by atoms with Crippen molar-refractivity contribution in [2.75, 3.05) is 13.2 Å². The maximum Gasteiger partial charge on any atom is 0.340 e. The predicted molar refractivity (Wildman–Crippen MR) is 30.3 cm³/mol. The number of fused-ring (bicyclic) bond motifs is 2. The molecule has 10 heavy (non-hydrogen) atoms. The van der Waals surface area contributed by atoms with E-state index < -0.39 is 11.6 Å². The fourth-order valence-electron chi connectivity index (χ4n) is 1.30. The molecule has 2 aliphatic heterocycles. The first-order valence-corrected chi connectivity index (χ1v) is 3.22. The van der Waals surface area contributed by atoms with Gasteiger partial charge in [-0.15, -0.1) is 0 Å². The Balaban J connectivity index is 2.25. The molecule has 0 saturated carbocycles. The first-order chi connectivity index (χ1) is 4.71. The Morgan fingerprint density at radius 1 is 1.70 bits per heavy atom. The van der Waals surface area contributed by atoms with Gasteiger partial charge in [0.2, 0.25) is 0 Å². The van der Waals surface area contributed by atoms with Gasteiger partial charge in [0.1, 0.15) is 6.61 Å². The van der Waals surface area contributed by atoms with Crippen molar-refractivity contribution in [3.8, 4) is 0 Å². The third-order valence-corrected chi connectivity index (χ3v) is 1.90. The highest BCUT2D eigenvalue weighted by molar-refractivity contribution is 5.80. The third kappa shape index (κ3) is 0.660. The molecule has 2 heterocycles. The van der Waals surface area contributed by atoms with Crippen LogP contribution in [0, 0.1) is 0 Å². The van der Waals surface area contributed by atoms with E-state index in [2.05, 4.69) is 4.74 Å². The van der Waals surface area contributed by atoms with Crippen LogP contribution in [-0.4, -0.2) is 36.0 Å². The van der Waals surface area contributed by atoms with Gasteiger partial charge >= 0.3 is 5.97 Å². The van der Waals surface area contributed by atoms with Crippen molar-refractivity contribution in [3.05, 3.63) is 0 Å². The summed E-state index contributed by atoms with van der Waals surface area (Å²) in [5, 5.41) is 9.39. The highest BCUT2D eigenvalue weighted by Crippen LogP contribution is 2.29. The molecule has 1 N–H and O–H groups in total. The zero-order valence-corrected chi connectivity index (χ0v) is 5.37. The Morgan fingerprint density at radius 3 is 3.20 bits per heavy atom. The zero-order chi connectivity index (χ0) is 7.19. The average Bonchev–Trinajstić information content (AvgIpc) is 2.22. The molecular weight excluding hydrogens is 136 g/mol. The molecule has 0 aliphatic carbocycles. The second-order valence-electron chi connectivity index (χ2n) is 2.77. The van der Waals surface area contributed by atoms with Crippen LogP contribution in [-0.2, 0) is 14.3 Å². The molecule has 0 aromatic rings. The maximum absolute atomic E-state index is 10.8. The van der Waals surface area contributed by atoms with Gasteiger partial charge in [-0.05, 0) is 0 Å². The van der Waals surface area contributed by atoms with E-state index in [1.165, 1.54) is 0 Å². The second-order valence-corrected chi connectivity index (χ2v) is 2.77. The van der Waals surface area contributed by atoms with Crippen LogP contribution in [0.15, 0.2) is 0 Å². The maximum atomic E-state index is 10.8. The fourth-order valence-corrected chi connectivity index (χ4v) is 1.30. The molecular formula is C6H8O4. The summed E-state index contributed by atoms with van der Waals surface area (Å²) in [5.41, 5.74) is -1.33. The SMILES string of the molecule is O=C1OC[C@H]2C[C@@]1(O)CO2. The highest BCUT2D eigenvalue weighted by Gasteiger charge is 2.50. The number of hydrogen-bond donors (Lipinski definition) is 1. The molecule has 2 saturated heterocycles. The predicted octanol–water partition coefficient (Wildman–Crippen LogP) is -0.937. The lowest BCUT2D eigenvalue weighted by atomic mass is 9.99. The van der Waals surface area contributed by atoms with Crippen molar-refractivity contribution in [2.45, 2.75) is 18.1 Å². The van der Waals surface area contributed by atoms with Crippen LogP contribution in [0.1, 0.15) is 6.42 Å². The van der Waals surface area contributed by atoms with Crippen LogP contribution in [0.25, 0.3) is 0 Å². The normalized spacial score (nSPS) is 45.3. The molecule has 4 heteroatoms. The molecule has 2 aliphatic rings. The highest BCUT2D eigenvalue weighted by atomic mass is 16.6. The number of ether oxygens (including phenoxy) is 2. The van der Waals surface area contributed by atoms with E-state index in [4.69, 9.17) is 4.74 Å². The lowest BCUT2D eigenvalue weighted by Crippen LogP contribution is -2.44. The molecule has 2 bridgehead atoms. The van der Waals surface area contributed by atoms with Gasteiger partial charge < -0.3 is 14.6 Å². The van der Waals surface area contributed by atoms with Gasteiger partial charge in [0.25, 0.3) is 0 Å². The van der Waals surface area contributed by atoms with Crippen LogP contribution >= 0.6 is 0 Å². The molecule has 0 amide bonds. The van der Waals surface area contributed by atoms with Gasteiger partial charge in [-0.3, -0.25) is 0 Å². The van der Waals surface area contributed by atoms with Crippen molar-refractivity contribution < 1.29 is 19.4 Å². The van der Waals surface area contributed by atoms with Gasteiger partial charge in [-0.25, -0.2) is 4.79 Å². The van der Waals surface area contributed by atoms with Crippen LogP contribution in [0.4, 0.5) is 0 Å². The van der Waals surface area contributed by atoms with Crippen LogP contribution in [0.2, 0.25) is 0 Å². The minimum Gasteiger partial charge on any atom is -0.461 e. The summed E-state index contributed by atoms with van der Waals surface area (Å²) in [5.74, 6) is -0.541. The quantitative estimate of drug-likeness (QED) is 0.446. The summed E-state index contributed by atoms with van der Waals surface area (Å²) >= 11 is 0. The van der Waals surface area contributed by atoms with Crippen molar-refractivity contribution in [1.29, 1.82) is 0 Å². The molecule has 0 aromatic carbocycles. The largest absolute Gasteiger partial charge is 0.461 e. The summed E-state index contributed by atoms with van der Waals surface area (Å²) in [7, 11) is 0. The second kappa shape index (κ2) is 1.71. The monoisotopic (exact) mass is 144 g/mol. The molecule has 2 rings (SSSR count). The van der Waals surface area contributed by atoms with Gasteiger partial charge in [-0.1, -0.05) is 0 Å². The molecule has 0 aromatic heterocycles. The zero-order valence-electron chi connectivity index (χ0n) is 5.37. The lowest BCUT2D eigenvalue weighted by molar-refractivity contribution is -0.168. The van der Waals surface area contributed by atoms with Crippen molar-refractivity contribution in [2.24, 2.45) is 0 Å². The Morgan fingerprint density at radius 2 is 2.50 bits per heavy atom. The van der Waals surface area contributed by atoms with E-state index in [1.54, 1.807) is 0 Å². The molecule has 2 fully saturated rings. The Kier molecular flexibility index (Phi) is 1.04. The first kappa shape index (κ1) is 6.12. The number of carbonyl (C=O) groups is 1. The molecule has 0 unspecified atom stereocenters. The smallest absolute Gasteiger partial charge is 0.340 e. The van der Waals surface area contributed by atoms with Gasteiger partial charge in [0.05, 0.1) is 12.7 Å². The fraction of sp³-hybridized carbons (Fsp3) is 0.833. The third-order valence-electron chi connectivity index (χ3n) is 1.90. The number of hydrogen-bond acceptors (Lipinski definition) is 4. The van der Waals surface area contributed by atoms with E-state index in [0.29, 0.717) is 13.0 Å². The van der Waals surface area contributed by atoms with Crippen LogP contribution in [0.3, 0.4) is 0 Å². The standard InChI is InChI=1S/C6H8O4/c7-5-6(8)1-4(2-9-5)10-3-6/h4,8H,1-3H2/t4-,6-/m1/s1. The molecule has 56 valence electrons. The molecule has 4 nitrogen and oxygen atoms in total. The number of carbonyl (C=O) groups excluding carboxylic acids is 1. The van der Waals surface area contributed by atoms with E-state index >= 15 is 0 Å². The minimum absolute atomic E-state index is 0.0808. The topological polar surface area (TPSA) is 55.8 Å². The van der Waals surface area contributed by atoms with E-state index in [1.807, 2.05) is 0 Å². The van der Waals surface area contributed by atoms with Crippen LogP contribution < -0.4 is 0 Å². The minimum atomic E-state index is -1.33. The number of rotatable bonds is 0.